The number of halogens is 1. The number of nitrogens with zero attached hydrogens (tertiary/aromatic N) is 1. The van der Waals surface area contributed by atoms with Crippen LogP contribution in [0.4, 0.5) is 0 Å². The molecular formula is C18H26BrN3O3S. The molecule has 0 bridgehead atoms. The molecule has 1 aliphatic carbocycles. The van der Waals surface area contributed by atoms with Crippen LogP contribution in [0.25, 0.3) is 11.0 Å². The molecule has 1 saturated carbocycles. The molecule has 0 atom stereocenters. The number of sulfonamides is 1. The van der Waals surface area contributed by atoms with Gasteiger partial charge in [-0.1, -0.05) is 15.9 Å². The van der Waals surface area contributed by atoms with Crippen LogP contribution in [0, 0.1) is 5.92 Å². The number of benzene rings is 1. The molecule has 0 radical (unpaired) electrons. The number of ether oxygens (including phenoxy) is 1. The van der Waals surface area contributed by atoms with Crippen LogP contribution in [-0.2, 0) is 10.0 Å². The molecule has 2 aromatic rings. The molecular weight excluding hydrogens is 418 g/mol. The first-order valence-corrected chi connectivity index (χ1v) is 11.2. The molecule has 1 heterocycles. The van der Waals surface area contributed by atoms with Gasteiger partial charge < -0.3 is 9.72 Å². The maximum atomic E-state index is 12.2. The van der Waals surface area contributed by atoms with E-state index >= 15 is 0 Å². The van der Waals surface area contributed by atoms with Crippen LogP contribution in [0.5, 0.6) is 6.01 Å². The smallest absolute Gasteiger partial charge is 0.294 e. The predicted molar refractivity (Wildman–Crippen MR) is 107 cm³/mol. The predicted octanol–water partition coefficient (Wildman–Crippen LogP) is 3.98. The van der Waals surface area contributed by atoms with Crippen LogP contribution in [0.15, 0.2) is 22.7 Å². The average molecular weight is 444 g/mol. The first-order chi connectivity index (χ1) is 12.1. The molecule has 144 valence electrons. The normalized spacial score (nSPS) is 21.8. The van der Waals surface area contributed by atoms with Gasteiger partial charge in [0.2, 0.25) is 10.0 Å². The van der Waals surface area contributed by atoms with Crippen molar-refractivity contribution in [1.82, 2.24) is 14.7 Å². The number of hydrogen-bond donors (Lipinski definition) is 2. The molecule has 8 heteroatoms. The molecule has 0 unspecified atom stereocenters. The number of rotatable bonds is 5. The Kier molecular flexibility index (Phi) is 5.65. The van der Waals surface area contributed by atoms with Crippen molar-refractivity contribution in [2.75, 3.05) is 6.54 Å². The summed E-state index contributed by atoms with van der Waals surface area (Å²) in [6.07, 6.45) is 3.83. The third-order valence-corrected chi connectivity index (χ3v) is 7.51. The van der Waals surface area contributed by atoms with E-state index in [9.17, 15) is 8.42 Å². The highest BCUT2D eigenvalue weighted by molar-refractivity contribution is 9.10. The summed E-state index contributed by atoms with van der Waals surface area (Å²) in [7, 11) is -3.28. The minimum absolute atomic E-state index is 0.120. The minimum atomic E-state index is -3.28. The zero-order valence-corrected chi connectivity index (χ0v) is 17.8. The minimum Gasteiger partial charge on any atom is -0.461 e. The van der Waals surface area contributed by atoms with Gasteiger partial charge in [0.05, 0.1) is 15.8 Å². The Morgan fingerprint density at radius 3 is 2.62 bits per heavy atom. The van der Waals surface area contributed by atoms with Crippen LogP contribution in [0.3, 0.4) is 0 Å². The van der Waals surface area contributed by atoms with E-state index in [-0.39, 0.29) is 6.10 Å². The second-order valence-electron chi connectivity index (χ2n) is 7.93. The van der Waals surface area contributed by atoms with Gasteiger partial charge in [0, 0.05) is 11.0 Å². The van der Waals surface area contributed by atoms with E-state index in [1.165, 1.54) is 0 Å². The van der Waals surface area contributed by atoms with Gasteiger partial charge >= 0.3 is 0 Å². The number of fused-ring (bicyclic) bond motifs is 1. The van der Waals surface area contributed by atoms with Gasteiger partial charge in [0.25, 0.3) is 6.01 Å². The van der Waals surface area contributed by atoms with Gasteiger partial charge in [-0.15, -0.1) is 0 Å². The van der Waals surface area contributed by atoms with E-state index < -0.39 is 14.8 Å². The van der Waals surface area contributed by atoms with Crippen molar-refractivity contribution in [2.24, 2.45) is 5.92 Å². The molecule has 0 spiro atoms. The zero-order valence-electron chi connectivity index (χ0n) is 15.4. The van der Waals surface area contributed by atoms with Gasteiger partial charge in [0.1, 0.15) is 6.10 Å². The van der Waals surface area contributed by atoms with E-state index in [1.807, 2.05) is 18.2 Å². The first-order valence-electron chi connectivity index (χ1n) is 8.95. The van der Waals surface area contributed by atoms with E-state index in [2.05, 4.69) is 30.6 Å². The summed E-state index contributed by atoms with van der Waals surface area (Å²) in [6.45, 7) is 5.65. The van der Waals surface area contributed by atoms with Crippen LogP contribution in [0.2, 0.25) is 0 Å². The summed E-state index contributed by atoms with van der Waals surface area (Å²) in [4.78, 5) is 7.67. The van der Waals surface area contributed by atoms with E-state index in [4.69, 9.17) is 4.74 Å². The van der Waals surface area contributed by atoms with Gasteiger partial charge in [-0.3, -0.25) is 0 Å². The number of nitrogens with one attached hydrogen (secondary N) is 2. The standard InChI is InChI=1S/C18H26BrN3O3S/c1-18(2,3)26(23,24)20-11-12-4-7-14(8-5-12)25-17-21-15-9-6-13(19)10-16(15)22-17/h6,9-10,12,14,20H,4-5,7-8,11H2,1-3H3,(H,21,22). The maximum absolute atomic E-state index is 12.2. The molecule has 1 aromatic carbocycles. The average Bonchev–Trinajstić information content (AvgIpc) is 2.94. The summed E-state index contributed by atoms with van der Waals surface area (Å²) >= 11 is 3.45. The quantitative estimate of drug-likeness (QED) is 0.731. The van der Waals surface area contributed by atoms with Crippen LogP contribution < -0.4 is 9.46 Å². The molecule has 6 nitrogen and oxygen atoms in total. The summed E-state index contributed by atoms with van der Waals surface area (Å²) in [5, 5.41) is 0. The van der Waals surface area contributed by atoms with Crippen molar-refractivity contribution >= 4 is 37.0 Å². The van der Waals surface area contributed by atoms with Crippen molar-refractivity contribution in [3.8, 4) is 6.01 Å². The summed E-state index contributed by atoms with van der Waals surface area (Å²) in [5.41, 5.74) is 1.83. The molecule has 2 N–H and O–H groups in total. The molecule has 1 aliphatic rings. The number of imidazole rings is 1. The molecule has 1 aromatic heterocycles. The highest BCUT2D eigenvalue weighted by Crippen LogP contribution is 2.28. The number of aromatic amines is 1. The molecule has 0 saturated heterocycles. The first kappa shape index (κ1) is 19.6. The fourth-order valence-corrected chi connectivity index (χ4v) is 4.32. The fraction of sp³-hybridized carbons (Fsp3) is 0.611. The topological polar surface area (TPSA) is 84.1 Å². The lowest BCUT2D eigenvalue weighted by Crippen LogP contribution is -2.42. The van der Waals surface area contributed by atoms with Gasteiger partial charge in [0.15, 0.2) is 0 Å². The van der Waals surface area contributed by atoms with Crippen LogP contribution in [0.1, 0.15) is 46.5 Å². The summed E-state index contributed by atoms with van der Waals surface area (Å²) < 4.78 is 33.3. The van der Waals surface area contributed by atoms with Gasteiger partial charge in [-0.2, -0.15) is 4.98 Å². The van der Waals surface area contributed by atoms with E-state index in [0.717, 1.165) is 41.2 Å². The molecule has 1 fully saturated rings. The monoisotopic (exact) mass is 443 g/mol. The van der Waals surface area contributed by atoms with Crippen LogP contribution in [-0.4, -0.2) is 35.8 Å². The number of H-pyrrole nitrogens is 1. The Bertz CT molecular complexity index is 865. The Morgan fingerprint density at radius 1 is 1.27 bits per heavy atom. The lowest BCUT2D eigenvalue weighted by Gasteiger charge is -2.29. The van der Waals surface area contributed by atoms with Gasteiger partial charge in [-0.25, -0.2) is 13.1 Å². The lowest BCUT2D eigenvalue weighted by molar-refractivity contribution is 0.122. The maximum Gasteiger partial charge on any atom is 0.294 e. The SMILES string of the molecule is CC(C)(C)S(=O)(=O)NCC1CCC(Oc2nc3ccc(Br)cc3[nH]2)CC1. The third-order valence-electron chi connectivity index (χ3n) is 4.86. The second-order valence-corrected chi connectivity index (χ2v) is 11.4. The Balaban J connectivity index is 1.50. The summed E-state index contributed by atoms with van der Waals surface area (Å²) in [6, 6.07) is 6.43. The zero-order chi connectivity index (χ0) is 18.9. The fourth-order valence-electron chi connectivity index (χ4n) is 3.07. The molecule has 0 aliphatic heterocycles. The number of hydrogen-bond acceptors (Lipinski definition) is 4. The van der Waals surface area contributed by atoms with Crippen LogP contribution >= 0.6 is 15.9 Å². The van der Waals surface area contributed by atoms with E-state index in [1.54, 1.807) is 20.8 Å². The van der Waals surface area contributed by atoms with Gasteiger partial charge in [-0.05, 0) is 70.6 Å². The Hall–Kier alpha value is -1.12. The molecule has 0 amide bonds. The lowest BCUT2D eigenvalue weighted by atomic mass is 9.87. The number of aromatic nitrogens is 2. The molecule has 3 rings (SSSR count). The highest BCUT2D eigenvalue weighted by Gasteiger charge is 2.30. The Morgan fingerprint density at radius 2 is 1.96 bits per heavy atom. The van der Waals surface area contributed by atoms with Crippen molar-refractivity contribution in [3.63, 3.8) is 0 Å². The van der Waals surface area contributed by atoms with Crippen molar-refractivity contribution in [2.45, 2.75) is 57.3 Å². The Labute approximate surface area is 163 Å². The molecule has 26 heavy (non-hydrogen) atoms. The largest absolute Gasteiger partial charge is 0.461 e. The van der Waals surface area contributed by atoms with E-state index in [0.29, 0.717) is 18.5 Å². The summed E-state index contributed by atoms with van der Waals surface area (Å²) in [5.74, 6) is 0.360. The second kappa shape index (κ2) is 7.48. The van der Waals surface area contributed by atoms with Crippen molar-refractivity contribution in [1.29, 1.82) is 0 Å². The highest BCUT2D eigenvalue weighted by atomic mass is 79.9. The third kappa shape index (κ3) is 4.58. The van der Waals surface area contributed by atoms with Crippen molar-refractivity contribution < 1.29 is 13.2 Å². The van der Waals surface area contributed by atoms with Crippen molar-refractivity contribution in [3.05, 3.63) is 22.7 Å².